The molecule has 0 bridgehead atoms. The fourth-order valence-electron chi connectivity index (χ4n) is 2.78. The first-order chi connectivity index (χ1) is 9.99. The maximum atomic E-state index is 13.4. The minimum absolute atomic E-state index is 0.454. The number of aromatic amines is 1. The second-order valence-corrected chi connectivity index (χ2v) is 5.43. The van der Waals surface area contributed by atoms with Crippen LogP contribution in [-0.2, 0) is 5.54 Å². The maximum absolute atomic E-state index is 13.4. The van der Waals surface area contributed by atoms with Gasteiger partial charge in [0.15, 0.2) is 0 Å². The number of nitro groups is 1. The molecule has 2 aromatic rings. The normalized spacial score (nSPS) is 17.0. The van der Waals surface area contributed by atoms with Crippen molar-refractivity contribution >= 4 is 5.69 Å². The summed E-state index contributed by atoms with van der Waals surface area (Å²) in [6, 6.07) is 3.77. The van der Waals surface area contributed by atoms with Gasteiger partial charge in [0.05, 0.1) is 22.4 Å². The summed E-state index contributed by atoms with van der Waals surface area (Å²) in [7, 11) is 0. The molecule has 0 unspecified atom stereocenters. The van der Waals surface area contributed by atoms with Crippen molar-refractivity contribution in [1.82, 2.24) is 9.97 Å². The van der Waals surface area contributed by atoms with Gasteiger partial charge in [-0.05, 0) is 25.0 Å². The van der Waals surface area contributed by atoms with Gasteiger partial charge < -0.3 is 10.7 Å². The maximum Gasteiger partial charge on any atom is 0.305 e. The lowest BCUT2D eigenvalue weighted by molar-refractivity contribution is -0.387. The number of aromatic nitrogens is 2. The van der Waals surface area contributed by atoms with Crippen LogP contribution in [0.3, 0.4) is 0 Å². The zero-order chi connectivity index (χ0) is 15.0. The quantitative estimate of drug-likeness (QED) is 0.670. The van der Waals surface area contributed by atoms with Crippen LogP contribution < -0.4 is 5.73 Å². The van der Waals surface area contributed by atoms with Crippen LogP contribution in [0.25, 0.3) is 11.3 Å². The highest BCUT2D eigenvalue weighted by molar-refractivity contribution is 5.62. The van der Waals surface area contributed by atoms with Gasteiger partial charge in [-0.1, -0.05) is 12.8 Å². The van der Waals surface area contributed by atoms with E-state index in [4.69, 9.17) is 5.73 Å². The summed E-state index contributed by atoms with van der Waals surface area (Å²) in [5.74, 6) is -0.170. The predicted octanol–water partition coefficient (Wildman–Crippen LogP) is 2.85. The molecule has 7 heteroatoms. The van der Waals surface area contributed by atoms with E-state index in [1.165, 1.54) is 12.1 Å². The summed E-state index contributed by atoms with van der Waals surface area (Å²) in [5, 5.41) is 10.8. The molecular formula is C14H15FN4O2. The molecule has 1 fully saturated rings. The highest BCUT2D eigenvalue weighted by atomic mass is 19.1. The van der Waals surface area contributed by atoms with E-state index in [1.54, 1.807) is 6.20 Å². The van der Waals surface area contributed by atoms with Gasteiger partial charge >= 0.3 is 5.69 Å². The van der Waals surface area contributed by atoms with E-state index < -0.39 is 22.0 Å². The zero-order valence-electron chi connectivity index (χ0n) is 11.3. The molecule has 3 rings (SSSR count). The van der Waals surface area contributed by atoms with Gasteiger partial charge in [0, 0.05) is 11.6 Å². The van der Waals surface area contributed by atoms with Crippen molar-refractivity contribution in [1.29, 1.82) is 0 Å². The van der Waals surface area contributed by atoms with Crippen molar-refractivity contribution < 1.29 is 9.31 Å². The fraction of sp³-hybridized carbons (Fsp3) is 0.357. The highest BCUT2D eigenvalue weighted by Crippen LogP contribution is 2.35. The Morgan fingerprint density at radius 1 is 1.38 bits per heavy atom. The molecule has 1 aromatic heterocycles. The standard InChI is InChI=1S/C14H15FN4O2/c15-10-4-3-9(7-12(10)19(20)21)11-8-17-13(18-11)14(16)5-1-2-6-14/h3-4,7-8H,1-2,5-6,16H2,(H,17,18). The van der Waals surface area contributed by atoms with Gasteiger partial charge in [0.25, 0.3) is 0 Å². The lowest BCUT2D eigenvalue weighted by atomic mass is 9.99. The number of hydrogen-bond donors (Lipinski definition) is 2. The van der Waals surface area contributed by atoms with Crippen LogP contribution in [-0.4, -0.2) is 14.9 Å². The number of benzene rings is 1. The monoisotopic (exact) mass is 290 g/mol. The third-order valence-corrected chi connectivity index (χ3v) is 4.00. The largest absolute Gasteiger partial charge is 0.340 e. The van der Waals surface area contributed by atoms with E-state index in [2.05, 4.69) is 9.97 Å². The Balaban J connectivity index is 1.97. The van der Waals surface area contributed by atoms with Crippen molar-refractivity contribution in [3.8, 4) is 11.3 Å². The Bertz CT molecular complexity index is 692. The van der Waals surface area contributed by atoms with E-state index >= 15 is 0 Å². The summed E-state index contributed by atoms with van der Waals surface area (Å²) in [4.78, 5) is 17.5. The topological polar surface area (TPSA) is 97.8 Å². The summed E-state index contributed by atoms with van der Waals surface area (Å²) in [5.41, 5.74) is 6.43. The number of hydrogen-bond acceptors (Lipinski definition) is 4. The fourth-order valence-corrected chi connectivity index (χ4v) is 2.78. The molecule has 1 heterocycles. The lowest BCUT2D eigenvalue weighted by Gasteiger charge is -2.20. The van der Waals surface area contributed by atoms with Crippen LogP contribution in [0.5, 0.6) is 0 Å². The minimum atomic E-state index is -0.852. The van der Waals surface area contributed by atoms with Crippen LogP contribution in [0.1, 0.15) is 31.5 Å². The highest BCUT2D eigenvalue weighted by Gasteiger charge is 2.34. The first-order valence-corrected chi connectivity index (χ1v) is 6.78. The number of nitrogens with two attached hydrogens (primary N) is 1. The average Bonchev–Trinajstić information content (AvgIpc) is 3.08. The number of imidazole rings is 1. The van der Waals surface area contributed by atoms with Crippen LogP contribution >= 0.6 is 0 Å². The Morgan fingerprint density at radius 3 is 2.76 bits per heavy atom. The van der Waals surface area contributed by atoms with Gasteiger partial charge in [-0.2, -0.15) is 4.39 Å². The molecule has 6 nitrogen and oxygen atoms in total. The van der Waals surface area contributed by atoms with Crippen molar-refractivity contribution in [2.75, 3.05) is 0 Å². The summed E-state index contributed by atoms with van der Waals surface area (Å²) >= 11 is 0. The first kappa shape index (κ1) is 13.7. The van der Waals surface area contributed by atoms with E-state index in [0.29, 0.717) is 17.1 Å². The summed E-state index contributed by atoms with van der Waals surface area (Å²) in [6.07, 6.45) is 5.44. The molecule has 3 N–H and O–H groups in total. The molecular weight excluding hydrogens is 275 g/mol. The van der Waals surface area contributed by atoms with E-state index in [9.17, 15) is 14.5 Å². The molecule has 0 spiro atoms. The third kappa shape index (κ3) is 2.40. The van der Waals surface area contributed by atoms with Crippen molar-refractivity contribution in [2.45, 2.75) is 31.2 Å². The minimum Gasteiger partial charge on any atom is -0.340 e. The van der Waals surface area contributed by atoms with Crippen molar-refractivity contribution in [3.05, 3.63) is 46.2 Å². The number of nitrogens with zero attached hydrogens (tertiary/aromatic N) is 2. The molecule has 21 heavy (non-hydrogen) atoms. The third-order valence-electron chi connectivity index (χ3n) is 4.00. The molecule has 0 aliphatic heterocycles. The smallest absolute Gasteiger partial charge is 0.305 e. The Hall–Kier alpha value is -2.28. The molecule has 0 saturated heterocycles. The summed E-state index contributed by atoms with van der Waals surface area (Å²) < 4.78 is 13.4. The van der Waals surface area contributed by atoms with Crippen LogP contribution in [0.15, 0.2) is 24.4 Å². The molecule has 1 saturated carbocycles. The SMILES string of the molecule is NC1(c2ncc(-c3ccc(F)c([N+](=O)[O-])c3)[nH]2)CCCC1. The molecule has 1 aliphatic rings. The van der Waals surface area contributed by atoms with Gasteiger partial charge in [-0.3, -0.25) is 10.1 Å². The van der Waals surface area contributed by atoms with Gasteiger partial charge in [0.1, 0.15) is 5.82 Å². The first-order valence-electron chi connectivity index (χ1n) is 6.78. The average molecular weight is 290 g/mol. The molecule has 0 atom stereocenters. The van der Waals surface area contributed by atoms with E-state index in [1.807, 2.05) is 0 Å². The summed E-state index contributed by atoms with van der Waals surface area (Å²) in [6.45, 7) is 0. The number of H-pyrrole nitrogens is 1. The number of nitrogens with one attached hydrogen (secondary N) is 1. The molecule has 0 radical (unpaired) electrons. The predicted molar refractivity (Wildman–Crippen MR) is 75.0 cm³/mol. The van der Waals surface area contributed by atoms with E-state index in [0.717, 1.165) is 31.7 Å². The lowest BCUT2D eigenvalue weighted by Crippen LogP contribution is -2.34. The molecule has 1 aromatic carbocycles. The number of rotatable bonds is 3. The van der Waals surface area contributed by atoms with Crippen molar-refractivity contribution in [2.24, 2.45) is 5.73 Å². The zero-order valence-corrected chi connectivity index (χ0v) is 11.3. The molecule has 0 amide bonds. The Kier molecular flexibility index (Phi) is 3.21. The molecule has 110 valence electrons. The Morgan fingerprint density at radius 2 is 2.10 bits per heavy atom. The number of nitro benzene ring substituents is 1. The second-order valence-electron chi connectivity index (χ2n) is 5.43. The van der Waals surface area contributed by atoms with Crippen LogP contribution in [0.2, 0.25) is 0 Å². The van der Waals surface area contributed by atoms with Gasteiger partial charge in [-0.15, -0.1) is 0 Å². The second kappa shape index (κ2) is 4.92. The van der Waals surface area contributed by atoms with Crippen LogP contribution in [0.4, 0.5) is 10.1 Å². The van der Waals surface area contributed by atoms with E-state index in [-0.39, 0.29) is 0 Å². The Labute approximate surface area is 120 Å². The van der Waals surface area contributed by atoms with Crippen molar-refractivity contribution in [3.63, 3.8) is 0 Å². The van der Waals surface area contributed by atoms with Gasteiger partial charge in [-0.25, -0.2) is 4.98 Å². The van der Waals surface area contributed by atoms with Crippen LogP contribution in [0, 0.1) is 15.9 Å². The number of halogens is 1. The van der Waals surface area contributed by atoms with Gasteiger partial charge in [0.2, 0.25) is 5.82 Å². The molecule has 1 aliphatic carbocycles.